The highest BCUT2D eigenvalue weighted by atomic mass is 16.3. The van der Waals surface area contributed by atoms with Gasteiger partial charge in [0.1, 0.15) is 0 Å². The molecule has 0 saturated carbocycles. The van der Waals surface area contributed by atoms with Gasteiger partial charge in [-0.1, -0.05) is 159 Å². The molecule has 0 aliphatic heterocycles. The Kier molecular flexibility index (Phi) is 22.3. The summed E-state index contributed by atoms with van der Waals surface area (Å²) < 4.78 is 0. The number of hydrogen-bond acceptors (Lipinski definition) is 2. The Bertz CT molecular complexity index is 815. The van der Waals surface area contributed by atoms with Gasteiger partial charge >= 0.3 is 0 Å². The summed E-state index contributed by atoms with van der Waals surface area (Å²) in [5, 5.41) is 19.6. The van der Waals surface area contributed by atoms with Crippen molar-refractivity contribution in [3.63, 3.8) is 0 Å². The van der Waals surface area contributed by atoms with E-state index < -0.39 is 0 Å². The lowest BCUT2D eigenvalue weighted by Gasteiger charge is -2.44. The van der Waals surface area contributed by atoms with Crippen LogP contribution in [-0.4, -0.2) is 23.4 Å². The standard InChI is InChI=1S/C48H98O2/c1-26(24-49)28(3)30(5)32(7)34(9)36(11)38(13)40(15)42(17)44(19)46(21)48(23)47(22)45(20)43(18)41(16)39(14)37(12)35(10)33(8)31(6)29(4)27(2)25-50/h26-50H,24-25H2,1-23H3/t26-,27+,28-,29+,30-,31+,32-,33+,34-,35+,36-,37+,38-,39+,40-,41+,42-,43+,44-,45+,46-,47+,48?. The molecule has 2 N–H and O–H groups in total. The summed E-state index contributed by atoms with van der Waals surface area (Å²) in [6.45, 7) is 57.6. The minimum atomic E-state index is 0.291. The van der Waals surface area contributed by atoms with Gasteiger partial charge in [0.05, 0.1) is 0 Å². The van der Waals surface area contributed by atoms with Crippen molar-refractivity contribution in [2.45, 2.75) is 159 Å². The van der Waals surface area contributed by atoms with Crippen LogP contribution in [0.5, 0.6) is 0 Å². The maximum absolute atomic E-state index is 9.78. The Morgan fingerprint density at radius 1 is 0.180 bits per heavy atom. The molecule has 0 aliphatic carbocycles. The third kappa shape index (κ3) is 12.5. The van der Waals surface area contributed by atoms with E-state index in [4.69, 9.17) is 0 Å². The Morgan fingerprint density at radius 3 is 0.340 bits per heavy atom. The fraction of sp³-hybridized carbons (Fsp3) is 1.00. The minimum Gasteiger partial charge on any atom is -0.396 e. The number of hydrogen-bond donors (Lipinski definition) is 2. The van der Waals surface area contributed by atoms with E-state index in [1.165, 1.54) is 0 Å². The van der Waals surface area contributed by atoms with Crippen LogP contribution in [0, 0.1) is 136 Å². The molecule has 0 bridgehead atoms. The first kappa shape index (κ1) is 49.9. The molecule has 0 amide bonds. The third-order valence-electron chi connectivity index (χ3n) is 19.0. The van der Waals surface area contributed by atoms with Crippen LogP contribution in [0.15, 0.2) is 0 Å². The van der Waals surface area contributed by atoms with Crippen LogP contribution in [0.1, 0.15) is 159 Å². The van der Waals surface area contributed by atoms with Crippen LogP contribution in [-0.2, 0) is 0 Å². The van der Waals surface area contributed by atoms with Gasteiger partial charge in [-0.2, -0.15) is 0 Å². The van der Waals surface area contributed by atoms with Gasteiger partial charge in [-0.25, -0.2) is 0 Å². The lowest BCUT2D eigenvalue weighted by molar-refractivity contribution is 0.0407. The van der Waals surface area contributed by atoms with Crippen molar-refractivity contribution < 1.29 is 10.2 Å². The van der Waals surface area contributed by atoms with Gasteiger partial charge in [-0.05, 0) is 136 Å². The molecule has 2 heteroatoms. The predicted octanol–water partition coefficient (Wildman–Crippen LogP) is 13.6. The first-order chi connectivity index (χ1) is 22.8. The van der Waals surface area contributed by atoms with Gasteiger partial charge in [0.2, 0.25) is 0 Å². The van der Waals surface area contributed by atoms with Crippen molar-refractivity contribution in [2.75, 3.05) is 13.2 Å². The van der Waals surface area contributed by atoms with Crippen LogP contribution in [0.3, 0.4) is 0 Å². The van der Waals surface area contributed by atoms with E-state index in [2.05, 4.69) is 159 Å². The molecule has 50 heavy (non-hydrogen) atoms. The van der Waals surface area contributed by atoms with Crippen LogP contribution < -0.4 is 0 Å². The molecule has 0 aromatic heterocycles. The first-order valence-electron chi connectivity index (χ1n) is 22.1. The van der Waals surface area contributed by atoms with Crippen molar-refractivity contribution in [1.82, 2.24) is 0 Å². The van der Waals surface area contributed by atoms with Crippen LogP contribution in [0.25, 0.3) is 0 Å². The van der Waals surface area contributed by atoms with Crippen molar-refractivity contribution >= 4 is 0 Å². The van der Waals surface area contributed by atoms with Crippen molar-refractivity contribution in [1.29, 1.82) is 0 Å². The van der Waals surface area contributed by atoms with Crippen molar-refractivity contribution in [3.8, 4) is 0 Å². The highest BCUT2D eigenvalue weighted by Gasteiger charge is 2.39. The largest absolute Gasteiger partial charge is 0.396 e. The minimum absolute atomic E-state index is 0.291. The number of aliphatic hydroxyl groups excluding tert-OH is 2. The zero-order chi connectivity index (χ0) is 39.7. The second-order valence-electron chi connectivity index (χ2n) is 20.4. The van der Waals surface area contributed by atoms with E-state index in [-0.39, 0.29) is 0 Å². The Morgan fingerprint density at radius 2 is 0.260 bits per heavy atom. The molecule has 302 valence electrons. The number of aliphatic hydroxyl groups is 2. The summed E-state index contributed by atoms with van der Waals surface area (Å²) >= 11 is 0. The first-order valence-corrected chi connectivity index (χ1v) is 22.1. The second-order valence-corrected chi connectivity index (χ2v) is 20.4. The summed E-state index contributed by atoms with van der Waals surface area (Å²) in [6, 6.07) is 0. The van der Waals surface area contributed by atoms with E-state index in [9.17, 15) is 10.2 Å². The summed E-state index contributed by atoms with van der Waals surface area (Å²) in [7, 11) is 0. The van der Waals surface area contributed by atoms with Gasteiger partial charge in [-0.15, -0.1) is 0 Å². The molecular weight excluding hydrogens is 609 g/mol. The molecule has 0 aromatic carbocycles. The highest BCUT2D eigenvalue weighted by Crippen LogP contribution is 2.46. The molecule has 0 spiro atoms. The molecule has 0 aromatic rings. The highest BCUT2D eigenvalue weighted by molar-refractivity contribution is 4.88. The average Bonchev–Trinajstić information content (AvgIpc) is 3.13. The fourth-order valence-corrected chi connectivity index (χ4v) is 10.5. The molecule has 0 rings (SSSR count). The summed E-state index contributed by atoms with van der Waals surface area (Å²) in [5.41, 5.74) is 0. The van der Waals surface area contributed by atoms with Crippen LogP contribution in [0.4, 0.5) is 0 Å². The second kappa shape index (κ2) is 22.3. The molecule has 0 radical (unpaired) electrons. The molecule has 2 nitrogen and oxygen atoms in total. The van der Waals surface area contributed by atoms with Crippen LogP contribution in [0.2, 0.25) is 0 Å². The van der Waals surface area contributed by atoms with Gasteiger partial charge in [0.15, 0.2) is 0 Å². The molecule has 0 saturated heterocycles. The lowest BCUT2D eigenvalue weighted by atomic mass is 9.61. The van der Waals surface area contributed by atoms with E-state index in [1.54, 1.807) is 0 Å². The SMILES string of the molecule is CC([C@@H](C)[C@@H](C)[C@@H](C)[C@@H](C)[C@@H](C)[C@@H](C)[C@@H](C)[C@@H](C)[C@@H](C)[C@@H](C)[C@@H](C)CO)[C@H](C)[C@H](C)[C@H](C)[C@H](C)[C@H](C)[C@H](C)[C@H](C)[C@H](C)[C@H](C)[C@H](C)[C@H](C)CO. The molecule has 0 aliphatic rings. The predicted molar refractivity (Wildman–Crippen MR) is 225 cm³/mol. The topological polar surface area (TPSA) is 40.5 Å². The zero-order valence-electron chi connectivity index (χ0n) is 38.6. The van der Waals surface area contributed by atoms with E-state index in [0.717, 1.165) is 0 Å². The Balaban J connectivity index is 5.55. The van der Waals surface area contributed by atoms with E-state index in [1.807, 2.05) is 0 Å². The van der Waals surface area contributed by atoms with Gasteiger partial charge in [0.25, 0.3) is 0 Å². The van der Waals surface area contributed by atoms with Gasteiger partial charge in [-0.3, -0.25) is 0 Å². The molecule has 23 atom stereocenters. The number of rotatable bonds is 24. The summed E-state index contributed by atoms with van der Waals surface area (Å²) in [5.74, 6) is 14.5. The normalized spacial score (nSPS) is 26.8. The Hall–Kier alpha value is -0.0800. The smallest absolute Gasteiger partial charge is 0.0459 e. The monoisotopic (exact) mass is 707 g/mol. The van der Waals surface area contributed by atoms with Gasteiger partial charge in [0, 0.05) is 13.2 Å². The Labute approximate surface area is 317 Å². The third-order valence-corrected chi connectivity index (χ3v) is 19.0. The van der Waals surface area contributed by atoms with Crippen molar-refractivity contribution in [2.24, 2.45) is 136 Å². The lowest BCUT2D eigenvalue weighted by Crippen LogP contribution is -2.38. The maximum atomic E-state index is 9.78. The summed E-state index contributed by atoms with van der Waals surface area (Å²) in [6.07, 6.45) is 0. The molecule has 0 heterocycles. The van der Waals surface area contributed by atoms with Crippen molar-refractivity contribution in [3.05, 3.63) is 0 Å². The quantitative estimate of drug-likeness (QED) is 0.105. The van der Waals surface area contributed by atoms with E-state index >= 15 is 0 Å². The fourth-order valence-electron chi connectivity index (χ4n) is 10.5. The summed E-state index contributed by atoms with van der Waals surface area (Å²) in [4.78, 5) is 0. The average molecular weight is 707 g/mol. The van der Waals surface area contributed by atoms with E-state index in [0.29, 0.717) is 149 Å². The van der Waals surface area contributed by atoms with Gasteiger partial charge < -0.3 is 10.2 Å². The maximum Gasteiger partial charge on any atom is 0.0459 e. The molecular formula is C48H98O2. The molecule has 1 unspecified atom stereocenters. The van der Waals surface area contributed by atoms with Crippen LogP contribution >= 0.6 is 0 Å². The molecule has 0 fully saturated rings. The zero-order valence-corrected chi connectivity index (χ0v) is 38.6.